The number of benzene rings is 1. The summed E-state index contributed by atoms with van der Waals surface area (Å²) < 4.78 is 6.32. The van der Waals surface area contributed by atoms with Crippen LogP contribution in [0.5, 0.6) is 0 Å². The zero-order chi connectivity index (χ0) is 17.0. The number of carbonyl (C=O) groups excluding carboxylic acids is 2. The van der Waals surface area contributed by atoms with Gasteiger partial charge in [0.05, 0.1) is 12.1 Å². The van der Waals surface area contributed by atoms with Crippen molar-refractivity contribution in [2.24, 2.45) is 0 Å². The van der Waals surface area contributed by atoms with E-state index in [0.29, 0.717) is 29.2 Å². The monoisotopic (exact) mass is 339 g/mol. The highest BCUT2D eigenvalue weighted by molar-refractivity contribution is 6.31. The minimum atomic E-state index is -0.635. The lowest BCUT2D eigenvalue weighted by molar-refractivity contribution is -0.136. The van der Waals surface area contributed by atoms with Gasteiger partial charge in [0, 0.05) is 24.2 Å². The number of aromatic nitrogens is 1. The van der Waals surface area contributed by atoms with Gasteiger partial charge in [-0.15, -0.1) is 0 Å². The zero-order valence-corrected chi connectivity index (χ0v) is 13.7. The van der Waals surface area contributed by atoms with Gasteiger partial charge in [0.2, 0.25) is 11.8 Å². The molecule has 0 radical (unpaired) electrons. The number of likely N-dealkylation sites (N-methyl/N-ethyl adjacent to an activating group) is 2. The molecule has 1 aromatic carbocycles. The van der Waals surface area contributed by atoms with Gasteiger partial charge >= 0.3 is 5.76 Å². The van der Waals surface area contributed by atoms with Gasteiger partial charge in [0.15, 0.2) is 5.58 Å². The highest BCUT2D eigenvalue weighted by Crippen LogP contribution is 2.18. The molecule has 2 aromatic rings. The van der Waals surface area contributed by atoms with Crippen LogP contribution in [-0.4, -0.2) is 40.9 Å². The minimum Gasteiger partial charge on any atom is -0.408 e. The van der Waals surface area contributed by atoms with Gasteiger partial charge in [-0.05, 0) is 26.0 Å². The van der Waals surface area contributed by atoms with E-state index >= 15 is 0 Å². The Bertz CT molecular complexity index is 781. The van der Waals surface area contributed by atoms with Crippen molar-refractivity contribution in [3.63, 3.8) is 0 Å². The van der Waals surface area contributed by atoms with Gasteiger partial charge in [0.25, 0.3) is 0 Å². The predicted molar refractivity (Wildman–Crippen MR) is 86.4 cm³/mol. The fourth-order valence-electron chi connectivity index (χ4n) is 2.23. The van der Waals surface area contributed by atoms with E-state index in [2.05, 4.69) is 5.32 Å². The first kappa shape index (κ1) is 17.1. The second-order valence-electron chi connectivity index (χ2n) is 4.93. The predicted octanol–water partition coefficient (Wildman–Crippen LogP) is 1.23. The van der Waals surface area contributed by atoms with Crippen LogP contribution < -0.4 is 11.1 Å². The molecule has 7 nitrogen and oxygen atoms in total. The Morgan fingerprint density at radius 2 is 2.09 bits per heavy atom. The van der Waals surface area contributed by atoms with Gasteiger partial charge in [-0.3, -0.25) is 14.2 Å². The first-order valence-electron chi connectivity index (χ1n) is 7.29. The lowest BCUT2D eigenvalue weighted by Gasteiger charge is -2.20. The number of fused-ring (bicyclic) bond motifs is 1. The number of rotatable bonds is 6. The summed E-state index contributed by atoms with van der Waals surface area (Å²) in [6.07, 6.45) is 0. The first-order chi connectivity index (χ1) is 11.0. The molecule has 0 fully saturated rings. The molecular weight excluding hydrogens is 322 g/mol. The van der Waals surface area contributed by atoms with E-state index in [1.165, 1.54) is 15.5 Å². The molecule has 1 N–H and O–H groups in total. The summed E-state index contributed by atoms with van der Waals surface area (Å²) >= 11 is 5.85. The van der Waals surface area contributed by atoms with Crippen LogP contribution in [0.4, 0.5) is 0 Å². The summed E-state index contributed by atoms with van der Waals surface area (Å²) in [6, 6.07) is 4.76. The number of nitrogens with one attached hydrogen (secondary N) is 1. The normalized spacial score (nSPS) is 10.7. The van der Waals surface area contributed by atoms with E-state index in [-0.39, 0.29) is 24.9 Å². The van der Waals surface area contributed by atoms with E-state index in [0.717, 1.165) is 0 Å². The molecule has 0 saturated carbocycles. The maximum Gasteiger partial charge on any atom is 0.420 e. The molecule has 0 saturated heterocycles. The fraction of sp³-hybridized carbons (Fsp3) is 0.400. The van der Waals surface area contributed by atoms with Crippen molar-refractivity contribution in [3.05, 3.63) is 33.8 Å². The average Bonchev–Trinajstić information content (AvgIpc) is 2.80. The highest BCUT2D eigenvalue weighted by atomic mass is 35.5. The van der Waals surface area contributed by atoms with Crippen molar-refractivity contribution in [2.75, 3.05) is 19.6 Å². The lowest BCUT2D eigenvalue weighted by atomic mass is 10.3. The second-order valence-corrected chi connectivity index (χ2v) is 5.36. The van der Waals surface area contributed by atoms with Crippen molar-refractivity contribution in [1.29, 1.82) is 0 Å². The zero-order valence-electron chi connectivity index (χ0n) is 13.0. The molecule has 1 heterocycles. The number of amides is 2. The summed E-state index contributed by atoms with van der Waals surface area (Å²) in [6.45, 7) is 4.20. The molecule has 0 aliphatic carbocycles. The largest absolute Gasteiger partial charge is 0.420 e. The minimum absolute atomic E-state index is 0.0421. The first-order valence-corrected chi connectivity index (χ1v) is 7.67. The summed E-state index contributed by atoms with van der Waals surface area (Å²) in [5.41, 5.74) is 0.809. The quantitative estimate of drug-likeness (QED) is 0.858. The third kappa shape index (κ3) is 3.92. The Labute approximate surface area is 137 Å². The van der Waals surface area contributed by atoms with Crippen LogP contribution in [0.1, 0.15) is 13.8 Å². The number of halogens is 1. The van der Waals surface area contributed by atoms with Crippen molar-refractivity contribution >= 4 is 34.5 Å². The molecule has 124 valence electrons. The Balaban J connectivity index is 2.20. The van der Waals surface area contributed by atoms with Crippen molar-refractivity contribution in [2.45, 2.75) is 20.4 Å². The standard InChI is InChI=1S/C15H18ClN3O4/c1-3-17-13(20)8-18(4-2)14(21)9-19-11-6-5-10(16)7-12(11)23-15(19)22/h5-7H,3-4,8-9H2,1-2H3,(H,17,20). The van der Waals surface area contributed by atoms with Crippen LogP contribution in [-0.2, 0) is 16.1 Å². The van der Waals surface area contributed by atoms with E-state index in [1.807, 2.05) is 0 Å². The van der Waals surface area contributed by atoms with E-state index in [1.54, 1.807) is 26.0 Å². The van der Waals surface area contributed by atoms with Gasteiger partial charge in [0.1, 0.15) is 6.54 Å². The van der Waals surface area contributed by atoms with Crippen molar-refractivity contribution in [1.82, 2.24) is 14.8 Å². The molecule has 0 bridgehead atoms. The lowest BCUT2D eigenvalue weighted by Crippen LogP contribution is -2.42. The summed E-state index contributed by atoms with van der Waals surface area (Å²) in [7, 11) is 0. The Morgan fingerprint density at radius 3 is 2.74 bits per heavy atom. The molecule has 2 amide bonds. The fourth-order valence-corrected chi connectivity index (χ4v) is 2.39. The van der Waals surface area contributed by atoms with E-state index < -0.39 is 5.76 Å². The third-order valence-corrected chi connectivity index (χ3v) is 3.60. The maximum absolute atomic E-state index is 12.4. The molecule has 0 atom stereocenters. The van der Waals surface area contributed by atoms with Gasteiger partial charge in [-0.1, -0.05) is 11.6 Å². The molecule has 0 unspecified atom stereocenters. The summed E-state index contributed by atoms with van der Waals surface area (Å²) in [5.74, 6) is -1.21. The van der Waals surface area contributed by atoms with Gasteiger partial charge < -0.3 is 14.6 Å². The van der Waals surface area contributed by atoms with Crippen LogP contribution in [0.15, 0.2) is 27.4 Å². The van der Waals surface area contributed by atoms with Crippen LogP contribution in [0.3, 0.4) is 0 Å². The van der Waals surface area contributed by atoms with Gasteiger partial charge in [-0.2, -0.15) is 0 Å². The number of carbonyl (C=O) groups is 2. The molecule has 0 aliphatic heterocycles. The van der Waals surface area contributed by atoms with Crippen molar-refractivity contribution in [3.8, 4) is 0 Å². The smallest absolute Gasteiger partial charge is 0.408 e. The summed E-state index contributed by atoms with van der Waals surface area (Å²) in [5, 5.41) is 3.08. The van der Waals surface area contributed by atoms with Crippen LogP contribution in [0.25, 0.3) is 11.1 Å². The number of hydrogen-bond acceptors (Lipinski definition) is 4. The number of oxazole rings is 1. The molecular formula is C15H18ClN3O4. The Kier molecular flexibility index (Phi) is 5.44. The van der Waals surface area contributed by atoms with E-state index in [4.69, 9.17) is 16.0 Å². The molecule has 0 spiro atoms. The molecule has 1 aromatic heterocycles. The Morgan fingerprint density at radius 1 is 1.35 bits per heavy atom. The number of nitrogens with zero attached hydrogens (tertiary/aromatic N) is 2. The van der Waals surface area contributed by atoms with Crippen LogP contribution >= 0.6 is 11.6 Å². The van der Waals surface area contributed by atoms with Crippen molar-refractivity contribution < 1.29 is 14.0 Å². The summed E-state index contributed by atoms with van der Waals surface area (Å²) in [4.78, 5) is 37.3. The third-order valence-electron chi connectivity index (χ3n) is 3.37. The van der Waals surface area contributed by atoms with Gasteiger partial charge in [-0.25, -0.2) is 4.79 Å². The molecule has 23 heavy (non-hydrogen) atoms. The molecule has 8 heteroatoms. The van der Waals surface area contributed by atoms with E-state index in [9.17, 15) is 14.4 Å². The topological polar surface area (TPSA) is 84.5 Å². The maximum atomic E-state index is 12.4. The highest BCUT2D eigenvalue weighted by Gasteiger charge is 2.19. The second kappa shape index (κ2) is 7.32. The SMILES string of the molecule is CCNC(=O)CN(CC)C(=O)Cn1c(=O)oc2cc(Cl)ccc21. The van der Waals surface area contributed by atoms with Crippen LogP contribution in [0, 0.1) is 0 Å². The number of hydrogen-bond donors (Lipinski definition) is 1. The molecule has 2 rings (SSSR count). The average molecular weight is 340 g/mol. The molecule has 0 aliphatic rings. The van der Waals surface area contributed by atoms with Crippen LogP contribution in [0.2, 0.25) is 5.02 Å². The Hall–Kier alpha value is -2.28.